The van der Waals surface area contributed by atoms with Crippen LogP contribution in [0.2, 0.25) is 0 Å². The lowest BCUT2D eigenvalue weighted by molar-refractivity contribution is -0.134. The quantitative estimate of drug-likeness (QED) is 0.855. The molecule has 6 nitrogen and oxygen atoms in total. The Morgan fingerprint density at radius 1 is 1.22 bits per heavy atom. The Balaban J connectivity index is 1.80. The van der Waals surface area contributed by atoms with E-state index in [0.717, 1.165) is 29.7 Å². The molecule has 1 aromatic carbocycles. The molecule has 0 aliphatic carbocycles. The first kappa shape index (κ1) is 16.3. The average molecular weight is 317 g/mol. The van der Waals surface area contributed by atoms with Gasteiger partial charge in [0.15, 0.2) is 0 Å². The van der Waals surface area contributed by atoms with E-state index >= 15 is 0 Å². The summed E-state index contributed by atoms with van der Waals surface area (Å²) in [5, 5.41) is 20.1. The molecular formula is C17H23N3O3. The fourth-order valence-corrected chi connectivity index (χ4v) is 3.01. The van der Waals surface area contributed by atoms with Gasteiger partial charge in [0.25, 0.3) is 0 Å². The second-order valence-corrected chi connectivity index (χ2v) is 5.98. The first-order valence-electron chi connectivity index (χ1n) is 8.07. The number of para-hydroxylation sites is 2. The van der Waals surface area contributed by atoms with Gasteiger partial charge in [-0.25, -0.2) is 4.98 Å². The third-order valence-corrected chi connectivity index (χ3v) is 4.21. The maximum atomic E-state index is 10.3. The van der Waals surface area contributed by atoms with E-state index in [2.05, 4.69) is 21.8 Å². The molecule has 6 heteroatoms. The average Bonchev–Trinajstić information content (AvgIpc) is 2.57. The zero-order chi connectivity index (χ0) is 16.2. The van der Waals surface area contributed by atoms with E-state index in [1.165, 1.54) is 0 Å². The Morgan fingerprint density at radius 3 is 2.78 bits per heavy atom. The molecule has 2 aromatic rings. The highest BCUT2D eigenvalue weighted by Gasteiger charge is 2.35. The van der Waals surface area contributed by atoms with E-state index < -0.39 is 12.2 Å². The molecule has 3 atom stereocenters. The Labute approximate surface area is 135 Å². The molecule has 1 aromatic heterocycles. The summed E-state index contributed by atoms with van der Waals surface area (Å²) in [4.78, 5) is 11.2. The van der Waals surface area contributed by atoms with Crippen LogP contribution in [0.5, 0.6) is 0 Å². The maximum Gasteiger partial charge on any atom is 0.105 e. The summed E-state index contributed by atoms with van der Waals surface area (Å²) in [6, 6.07) is 7.53. The SMILES string of the molecule is CCCN(Cc1cnc2ccccc2n1)[C@@H]1COC[C@@H](O)[C@H]1O. The highest BCUT2D eigenvalue weighted by atomic mass is 16.5. The van der Waals surface area contributed by atoms with Crippen molar-refractivity contribution in [3.05, 3.63) is 36.2 Å². The molecule has 1 fully saturated rings. The van der Waals surface area contributed by atoms with Crippen LogP contribution in [0, 0.1) is 0 Å². The number of aromatic nitrogens is 2. The molecule has 124 valence electrons. The van der Waals surface area contributed by atoms with Crippen LogP contribution in [0.25, 0.3) is 11.0 Å². The summed E-state index contributed by atoms with van der Waals surface area (Å²) in [6.07, 6.45) is 1.08. The van der Waals surface area contributed by atoms with E-state index in [0.29, 0.717) is 13.2 Å². The molecule has 1 aliphatic rings. The van der Waals surface area contributed by atoms with Crippen LogP contribution in [0.4, 0.5) is 0 Å². The van der Waals surface area contributed by atoms with Gasteiger partial charge in [0.1, 0.15) is 6.10 Å². The number of hydrogen-bond donors (Lipinski definition) is 2. The molecule has 0 spiro atoms. The van der Waals surface area contributed by atoms with Crippen LogP contribution in [-0.4, -0.2) is 63.1 Å². The summed E-state index contributed by atoms with van der Waals surface area (Å²) < 4.78 is 5.41. The second-order valence-electron chi connectivity index (χ2n) is 5.98. The zero-order valence-electron chi connectivity index (χ0n) is 13.3. The van der Waals surface area contributed by atoms with Crippen molar-refractivity contribution in [3.8, 4) is 0 Å². The Hall–Kier alpha value is -1.60. The van der Waals surface area contributed by atoms with Crippen LogP contribution < -0.4 is 0 Å². The lowest BCUT2D eigenvalue weighted by Gasteiger charge is -2.39. The first-order valence-corrected chi connectivity index (χ1v) is 8.07. The molecule has 0 unspecified atom stereocenters. The van der Waals surface area contributed by atoms with Crippen molar-refractivity contribution < 1.29 is 14.9 Å². The third-order valence-electron chi connectivity index (χ3n) is 4.21. The number of aliphatic hydroxyl groups excluding tert-OH is 2. The highest BCUT2D eigenvalue weighted by Crippen LogP contribution is 2.18. The van der Waals surface area contributed by atoms with Crippen molar-refractivity contribution in [2.45, 2.75) is 38.1 Å². The van der Waals surface area contributed by atoms with Gasteiger partial charge in [-0.2, -0.15) is 0 Å². The molecule has 0 amide bonds. The van der Waals surface area contributed by atoms with Crippen LogP contribution in [0.15, 0.2) is 30.5 Å². The topological polar surface area (TPSA) is 78.7 Å². The van der Waals surface area contributed by atoms with Crippen molar-refractivity contribution in [2.24, 2.45) is 0 Å². The highest BCUT2D eigenvalue weighted by molar-refractivity contribution is 5.73. The molecule has 1 aliphatic heterocycles. The standard InChI is InChI=1S/C17H23N3O3/c1-2-7-20(15-10-23-11-16(21)17(15)22)9-12-8-18-13-5-3-4-6-14(13)19-12/h3-6,8,15-17,21-22H,2,7,9-11H2,1H3/t15-,16-,17+/m1/s1. The molecule has 2 heterocycles. The van der Waals surface area contributed by atoms with Gasteiger partial charge in [-0.05, 0) is 25.1 Å². The van der Waals surface area contributed by atoms with Crippen molar-refractivity contribution in [1.82, 2.24) is 14.9 Å². The number of fused-ring (bicyclic) bond motifs is 1. The molecule has 0 radical (unpaired) electrons. The predicted molar refractivity (Wildman–Crippen MR) is 86.9 cm³/mol. The first-order chi connectivity index (χ1) is 11.2. The van der Waals surface area contributed by atoms with E-state index in [4.69, 9.17) is 4.74 Å². The van der Waals surface area contributed by atoms with Gasteiger partial charge in [-0.1, -0.05) is 19.1 Å². The lowest BCUT2D eigenvalue weighted by Crippen LogP contribution is -2.55. The van der Waals surface area contributed by atoms with Gasteiger partial charge in [0.05, 0.1) is 48.3 Å². The summed E-state index contributed by atoms with van der Waals surface area (Å²) >= 11 is 0. The number of benzene rings is 1. The predicted octanol–water partition coefficient (Wildman–Crippen LogP) is 0.962. The maximum absolute atomic E-state index is 10.3. The minimum Gasteiger partial charge on any atom is -0.389 e. The van der Waals surface area contributed by atoms with Gasteiger partial charge < -0.3 is 14.9 Å². The fraction of sp³-hybridized carbons (Fsp3) is 0.529. The van der Waals surface area contributed by atoms with Gasteiger partial charge in [0, 0.05) is 6.54 Å². The molecule has 2 N–H and O–H groups in total. The van der Waals surface area contributed by atoms with Crippen molar-refractivity contribution in [3.63, 3.8) is 0 Å². The zero-order valence-corrected chi connectivity index (χ0v) is 13.3. The van der Waals surface area contributed by atoms with Gasteiger partial charge in [-0.15, -0.1) is 0 Å². The molecule has 23 heavy (non-hydrogen) atoms. The fourth-order valence-electron chi connectivity index (χ4n) is 3.01. The molecule has 3 rings (SSSR count). The largest absolute Gasteiger partial charge is 0.389 e. The van der Waals surface area contributed by atoms with Crippen molar-refractivity contribution >= 4 is 11.0 Å². The van der Waals surface area contributed by atoms with E-state index in [1.54, 1.807) is 6.20 Å². The summed E-state index contributed by atoms with van der Waals surface area (Å²) in [5.41, 5.74) is 2.58. The minimum absolute atomic E-state index is 0.188. The van der Waals surface area contributed by atoms with E-state index in [9.17, 15) is 10.2 Å². The summed E-state index contributed by atoms with van der Waals surface area (Å²) in [5.74, 6) is 0. The smallest absolute Gasteiger partial charge is 0.105 e. The van der Waals surface area contributed by atoms with Crippen LogP contribution >= 0.6 is 0 Å². The normalized spacial score (nSPS) is 25.1. The molecule has 0 bridgehead atoms. The minimum atomic E-state index is -0.837. The summed E-state index contributed by atoms with van der Waals surface area (Å²) in [7, 11) is 0. The van der Waals surface area contributed by atoms with Gasteiger partial charge >= 0.3 is 0 Å². The van der Waals surface area contributed by atoms with Gasteiger partial charge in [0.2, 0.25) is 0 Å². The lowest BCUT2D eigenvalue weighted by atomic mass is 10.0. The van der Waals surface area contributed by atoms with E-state index in [-0.39, 0.29) is 12.6 Å². The van der Waals surface area contributed by atoms with Crippen molar-refractivity contribution in [2.75, 3.05) is 19.8 Å². The Bertz CT molecular complexity index is 652. The van der Waals surface area contributed by atoms with Crippen LogP contribution in [0.3, 0.4) is 0 Å². The number of ether oxygens (including phenoxy) is 1. The monoisotopic (exact) mass is 317 g/mol. The van der Waals surface area contributed by atoms with Crippen LogP contribution in [0.1, 0.15) is 19.0 Å². The Morgan fingerprint density at radius 2 is 2.00 bits per heavy atom. The number of aliphatic hydroxyl groups is 2. The van der Waals surface area contributed by atoms with Gasteiger partial charge in [-0.3, -0.25) is 9.88 Å². The third kappa shape index (κ3) is 3.67. The number of hydrogen-bond acceptors (Lipinski definition) is 6. The second kappa shape index (κ2) is 7.31. The van der Waals surface area contributed by atoms with E-state index in [1.807, 2.05) is 24.3 Å². The number of rotatable bonds is 5. The molecule has 1 saturated heterocycles. The molecular weight excluding hydrogens is 294 g/mol. The Kier molecular flexibility index (Phi) is 5.17. The van der Waals surface area contributed by atoms with Crippen LogP contribution in [-0.2, 0) is 11.3 Å². The number of nitrogens with zero attached hydrogens (tertiary/aromatic N) is 3. The van der Waals surface area contributed by atoms with Crippen molar-refractivity contribution in [1.29, 1.82) is 0 Å². The molecule has 0 saturated carbocycles. The summed E-state index contributed by atoms with van der Waals surface area (Å²) in [6.45, 7) is 4.06.